The van der Waals surface area contributed by atoms with Crippen molar-refractivity contribution in [2.45, 2.75) is 145 Å². The molecule has 0 aromatic heterocycles. The van der Waals surface area contributed by atoms with Gasteiger partial charge in [-0.25, -0.2) is 35.4 Å². The Morgan fingerprint density at radius 1 is 0.524 bits per heavy atom. The fraction of sp³-hybridized carbons (Fsp3) is 0.390. The number of aromatic hydroxyl groups is 1. The number of phenolic OH excluding ortho intramolecular Hbond substituents is 1. The fourth-order valence-electron chi connectivity index (χ4n) is 7.50. The van der Waals surface area contributed by atoms with Crippen LogP contribution in [-0.2, 0) is 45.9 Å². The standard InChI is InChI=1S/C29H31F6NO3S.C26H25F6NO3S.C3H7I.CH4/c1-18(2)38-25-12-11-20(15-24(25)31)28(36-40(37)27(3,4)5,17-19-9-7-6-8-10-19)21-13-22(30)16-23(14-21)39-29(34,35)26(32)33;1-24(2,3)37(35)33-25(15-16-7-5-4-6-8-16,17-9-10-22(34)21(28)13-17)18-11-19(27)14-20(12-18)36-26(31,32)23(29)30;1-3(2)4;/h6-16,18,26,36H,17H2,1-5H3;4-14,23,33-34H,15H2,1-3H3;3H,1-2H3;1H4/t28-,40-;25-,37-;;/m11../s1. The summed E-state index contributed by atoms with van der Waals surface area (Å²) in [6.07, 6.45) is -18.7. The second-order valence-electron chi connectivity index (χ2n) is 20.9. The van der Waals surface area contributed by atoms with E-state index in [1.165, 1.54) is 18.2 Å². The monoisotopic (exact) mass is 1320 g/mol. The van der Waals surface area contributed by atoms with Crippen LogP contribution in [0.1, 0.15) is 110 Å². The van der Waals surface area contributed by atoms with E-state index in [1.54, 1.807) is 116 Å². The Morgan fingerprint density at radius 3 is 1.20 bits per heavy atom. The maximum absolute atomic E-state index is 15.3. The van der Waals surface area contributed by atoms with E-state index in [1.807, 2.05) is 0 Å². The second-order valence-corrected chi connectivity index (χ2v) is 27.3. The first-order chi connectivity index (χ1) is 37.4. The van der Waals surface area contributed by atoms with Gasteiger partial charge in [-0.15, -0.1) is 0 Å². The number of alkyl halides is 9. The third-order valence-electron chi connectivity index (χ3n) is 11.2. The van der Waals surface area contributed by atoms with Gasteiger partial charge in [-0.3, -0.25) is 0 Å². The minimum Gasteiger partial charge on any atom is -0.505 e. The average molecular weight is 1320 g/mol. The summed E-state index contributed by atoms with van der Waals surface area (Å²) < 4.78 is 212. The summed E-state index contributed by atoms with van der Waals surface area (Å²) in [6.45, 7) is 17.7. The van der Waals surface area contributed by atoms with E-state index in [9.17, 15) is 61.8 Å². The highest BCUT2D eigenvalue weighted by Crippen LogP contribution is 2.42. The van der Waals surface area contributed by atoms with Crippen molar-refractivity contribution in [1.29, 1.82) is 0 Å². The number of rotatable bonds is 20. The molecule has 23 heteroatoms. The highest BCUT2D eigenvalue weighted by molar-refractivity contribution is 14.1. The van der Waals surface area contributed by atoms with Crippen molar-refractivity contribution < 1.29 is 80.4 Å². The minimum absolute atomic E-state index is 0. The maximum atomic E-state index is 15.3. The molecular formula is C59H67F12IN2O6S2. The highest BCUT2D eigenvalue weighted by Gasteiger charge is 2.47. The number of hydrogen-bond donors (Lipinski definition) is 3. The normalized spacial score (nSPS) is 14.3. The number of ether oxygens (including phenoxy) is 3. The first kappa shape index (κ1) is 70.9. The summed E-state index contributed by atoms with van der Waals surface area (Å²) in [4.78, 5) is 0. The van der Waals surface area contributed by atoms with Gasteiger partial charge in [0, 0.05) is 16.1 Å². The summed E-state index contributed by atoms with van der Waals surface area (Å²) >= 11 is 2.34. The Morgan fingerprint density at radius 2 is 0.878 bits per heavy atom. The Labute approximate surface area is 490 Å². The lowest BCUT2D eigenvalue weighted by molar-refractivity contribution is -0.253. The van der Waals surface area contributed by atoms with Gasteiger partial charge >= 0.3 is 25.1 Å². The summed E-state index contributed by atoms with van der Waals surface area (Å²) in [5.74, 6) is -6.57. The second kappa shape index (κ2) is 29.4. The molecule has 6 rings (SSSR count). The molecule has 0 amide bonds. The molecule has 0 saturated heterocycles. The lowest BCUT2D eigenvalue weighted by atomic mass is 9.78. The van der Waals surface area contributed by atoms with E-state index in [0.717, 1.165) is 46.4 Å². The molecule has 0 spiro atoms. The summed E-state index contributed by atoms with van der Waals surface area (Å²) in [7, 11) is -3.78. The fourth-order valence-corrected chi connectivity index (χ4v) is 9.36. The van der Waals surface area contributed by atoms with E-state index in [4.69, 9.17) is 4.74 Å². The average Bonchev–Trinajstić information content (AvgIpc) is 2.97. The van der Waals surface area contributed by atoms with Gasteiger partial charge in [-0.2, -0.15) is 35.1 Å². The number of hydrogen-bond acceptors (Lipinski definition) is 6. The van der Waals surface area contributed by atoms with Crippen molar-refractivity contribution in [3.8, 4) is 23.0 Å². The number of phenols is 1. The third kappa shape index (κ3) is 19.9. The molecule has 452 valence electrons. The Kier molecular flexibility index (Phi) is 25.4. The SMILES string of the molecule is C.CC(C)(C)[S@@](=O)N[C@@](Cc1ccccc1)(c1cc(F)cc(OC(F)(F)C(F)F)c1)c1ccc(O)c(F)c1.CC(C)I.CC(C)Oc1ccc([C@@](Cc2ccccc2)(N[S@](=O)C(C)(C)C)c2cc(F)cc(OC(F)(F)C(F)F)c2)cc1F. The topological polar surface area (TPSA) is 106 Å². The number of nitrogens with one attached hydrogen (secondary N) is 2. The molecule has 0 bridgehead atoms. The van der Waals surface area contributed by atoms with Crippen LogP contribution in [-0.4, -0.2) is 58.1 Å². The van der Waals surface area contributed by atoms with Crippen LogP contribution in [0.3, 0.4) is 0 Å². The first-order valence-corrected chi connectivity index (χ1v) is 28.3. The van der Waals surface area contributed by atoms with Crippen molar-refractivity contribution in [3.05, 3.63) is 190 Å². The molecule has 0 aliphatic carbocycles. The summed E-state index contributed by atoms with van der Waals surface area (Å²) in [5.41, 5.74) is -2.29. The molecular weight excluding hydrogens is 1250 g/mol. The van der Waals surface area contributed by atoms with Crippen LogP contribution in [0.25, 0.3) is 0 Å². The van der Waals surface area contributed by atoms with Crippen molar-refractivity contribution in [1.82, 2.24) is 9.44 Å². The predicted octanol–water partition coefficient (Wildman–Crippen LogP) is 16.4. The van der Waals surface area contributed by atoms with Gasteiger partial charge in [0.25, 0.3) is 0 Å². The first-order valence-electron chi connectivity index (χ1n) is 24.8. The molecule has 4 atom stereocenters. The van der Waals surface area contributed by atoms with Crippen LogP contribution in [0.5, 0.6) is 23.0 Å². The number of halogens is 13. The van der Waals surface area contributed by atoms with Crippen LogP contribution in [0.4, 0.5) is 52.7 Å². The Bertz CT molecular complexity index is 3060. The van der Waals surface area contributed by atoms with E-state index < -0.39 is 108 Å². The molecule has 6 aromatic carbocycles. The highest BCUT2D eigenvalue weighted by atomic mass is 127. The molecule has 8 nitrogen and oxygen atoms in total. The Hall–Kier alpha value is -5.37. The van der Waals surface area contributed by atoms with Gasteiger partial charge in [-0.1, -0.05) is 117 Å². The van der Waals surface area contributed by atoms with Crippen LogP contribution < -0.4 is 23.7 Å². The molecule has 3 N–H and O–H groups in total. The van der Waals surface area contributed by atoms with Crippen molar-refractivity contribution >= 4 is 44.6 Å². The molecule has 6 aromatic rings. The molecule has 0 radical (unpaired) electrons. The predicted molar refractivity (Wildman–Crippen MR) is 306 cm³/mol. The van der Waals surface area contributed by atoms with Crippen LogP contribution in [0.2, 0.25) is 0 Å². The molecule has 82 heavy (non-hydrogen) atoms. The van der Waals surface area contributed by atoms with Crippen molar-refractivity contribution in [3.63, 3.8) is 0 Å². The zero-order valence-corrected chi connectivity index (χ0v) is 49.4. The van der Waals surface area contributed by atoms with E-state index >= 15 is 4.39 Å². The summed E-state index contributed by atoms with van der Waals surface area (Å²) in [5, 5.41) is 9.76. The lowest BCUT2D eigenvalue weighted by Gasteiger charge is -2.38. The maximum Gasteiger partial charge on any atom is 0.461 e. The molecule has 0 fully saturated rings. The van der Waals surface area contributed by atoms with Gasteiger partial charge in [0.1, 0.15) is 23.1 Å². The van der Waals surface area contributed by atoms with E-state index in [0.29, 0.717) is 23.3 Å². The smallest absolute Gasteiger partial charge is 0.461 e. The van der Waals surface area contributed by atoms with Gasteiger partial charge in [0.05, 0.1) is 48.6 Å². The Balaban J connectivity index is 0.000000400. The van der Waals surface area contributed by atoms with Gasteiger partial charge < -0.3 is 19.3 Å². The molecule has 0 unspecified atom stereocenters. The quantitative estimate of drug-likeness (QED) is 0.0399. The van der Waals surface area contributed by atoms with E-state index in [-0.39, 0.29) is 54.4 Å². The molecule has 0 saturated carbocycles. The van der Waals surface area contributed by atoms with Crippen LogP contribution >= 0.6 is 22.6 Å². The molecule has 0 heterocycles. The minimum atomic E-state index is -4.92. The zero-order valence-electron chi connectivity index (χ0n) is 45.6. The lowest BCUT2D eigenvalue weighted by Crippen LogP contribution is -2.50. The van der Waals surface area contributed by atoms with Crippen LogP contribution in [0, 0.1) is 23.3 Å². The van der Waals surface area contributed by atoms with Gasteiger partial charge in [0.2, 0.25) is 0 Å². The molecule has 0 aliphatic rings. The van der Waals surface area contributed by atoms with Crippen LogP contribution in [0.15, 0.2) is 133 Å². The summed E-state index contributed by atoms with van der Waals surface area (Å²) in [6, 6.07) is 29.2. The van der Waals surface area contributed by atoms with Crippen molar-refractivity contribution in [2.24, 2.45) is 0 Å². The van der Waals surface area contributed by atoms with Crippen molar-refractivity contribution in [2.75, 3.05) is 0 Å². The number of benzene rings is 6. The molecule has 0 aliphatic heterocycles. The van der Waals surface area contributed by atoms with Gasteiger partial charge in [0.15, 0.2) is 23.1 Å². The largest absolute Gasteiger partial charge is 0.505 e. The third-order valence-corrected chi connectivity index (χ3v) is 14.5. The zero-order chi connectivity index (χ0) is 61.1. The van der Waals surface area contributed by atoms with Gasteiger partial charge in [-0.05, 0) is 150 Å². The van der Waals surface area contributed by atoms with E-state index in [2.05, 4.69) is 55.4 Å².